The summed E-state index contributed by atoms with van der Waals surface area (Å²) in [4.78, 5) is 25.0. The van der Waals surface area contributed by atoms with Crippen LogP contribution in [0.1, 0.15) is 26.4 Å². The van der Waals surface area contributed by atoms with Gasteiger partial charge in [0.15, 0.2) is 0 Å². The number of amides is 2. The molecule has 0 saturated heterocycles. The van der Waals surface area contributed by atoms with E-state index in [1.165, 1.54) is 46.0 Å². The van der Waals surface area contributed by atoms with Crippen molar-refractivity contribution in [1.29, 1.82) is 0 Å². The molecule has 1 aliphatic heterocycles. The monoisotopic (exact) mass is 511 g/mol. The molecule has 10 heteroatoms. The van der Waals surface area contributed by atoms with E-state index in [0.29, 0.717) is 23.5 Å². The Morgan fingerprint density at radius 1 is 1.14 bits per heavy atom. The number of hydrogen-bond donors (Lipinski definition) is 2. The van der Waals surface area contributed by atoms with Crippen LogP contribution in [0.3, 0.4) is 0 Å². The molecule has 0 fully saturated rings. The highest BCUT2D eigenvalue weighted by Gasteiger charge is 2.32. The van der Waals surface area contributed by atoms with Crippen LogP contribution in [0, 0.1) is 0 Å². The summed E-state index contributed by atoms with van der Waals surface area (Å²) in [7, 11) is -2.12. The first-order valence-corrected chi connectivity index (χ1v) is 13.1. The normalized spacial score (nSPS) is 13.2. The first-order chi connectivity index (χ1) is 16.8. The fourth-order valence-electron chi connectivity index (χ4n) is 3.79. The lowest BCUT2D eigenvalue weighted by Gasteiger charge is -2.16. The number of thiophene rings is 1. The molecule has 3 aromatic rings. The molecular weight excluding hydrogens is 486 g/mol. The number of carbonyl (C=O) groups is 2. The first-order valence-electron chi connectivity index (χ1n) is 10.9. The highest BCUT2D eigenvalue weighted by Crippen LogP contribution is 2.36. The summed E-state index contributed by atoms with van der Waals surface area (Å²) in [6.45, 7) is 4.30. The number of nitrogens with zero attached hydrogens (tertiary/aromatic N) is 1. The molecule has 0 bridgehead atoms. The average Bonchev–Trinajstić information content (AvgIpc) is 3.43. The standard InChI is InChI=1S/C25H25N3O5S2/c1-3-23(29)27-24-14-19-15-28(16-22(19)34-24)35(31,32)20-10-8-18(9-11-20)25(30)26-13-12-17-6-4-5-7-21(17)33-2/h3-11,14H,1,12-13,15-16H2,2H3,(H,26,30)(H,27,29). The van der Waals surface area contributed by atoms with Crippen LogP contribution in [-0.4, -0.2) is 38.2 Å². The second-order valence-corrected chi connectivity index (χ2v) is 10.9. The number of benzene rings is 2. The Labute approximate surface area is 208 Å². The maximum absolute atomic E-state index is 13.1. The van der Waals surface area contributed by atoms with Crippen molar-refractivity contribution in [2.24, 2.45) is 0 Å². The Bertz CT molecular complexity index is 1340. The van der Waals surface area contributed by atoms with Gasteiger partial charge in [0.05, 0.1) is 17.0 Å². The van der Waals surface area contributed by atoms with Gasteiger partial charge < -0.3 is 15.4 Å². The second kappa shape index (κ2) is 10.4. The van der Waals surface area contributed by atoms with Gasteiger partial charge in [-0.3, -0.25) is 9.59 Å². The number of para-hydroxylation sites is 1. The van der Waals surface area contributed by atoms with Gasteiger partial charge in [-0.15, -0.1) is 11.3 Å². The van der Waals surface area contributed by atoms with E-state index in [4.69, 9.17) is 4.74 Å². The fourth-order valence-corrected chi connectivity index (χ4v) is 6.36. The van der Waals surface area contributed by atoms with Crippen LogP contribution in [0.15, 0.2) is 72.1 Å². The van der Waals surface area contributed by atoms with Crippen LogP contribution in [0.2, 0.25) is 0 Å². The van der Waals surface area contributed by atoms with Crippen LogP contribution >= 0.6 is 11.3 Å². The van der Waals surface area contributed by atoms with Crippen molar-refractivity contribution in [3.63, 3.8) is 0 Å². The van der Waals surface area contributed by atoms with E-state index in [-0.39, 0.29) is 29.8 Å². The minimum absolute atomic E-state index is 0.124. The maximum Gasteiger partial charge on any atom is 0.251 e. The Morgan fingerprint density at radius 3 is 2.57 bits per heavy atom. The molecule has 2 amide bonds. The predicted octanol–water partition coefficient (Wildman–Crippen LogP) is 3.56. The van der Waals surface area contributed by atoms with Crippen molar-refractivity contribution in [3.05, 3.63) is 88.8 Å². The zero-order valence-electron chi connectivity index (χ0n) is 19.1. The third-order valence-corrected chi connectivity index (χ3v) is 8.51. The summed E-state index contributed by atoms with van der Waals surface area (Å²) >= 11 is 1.35. The topological polar surface area (TPSA) is 105 Å². The predicted molar refractivity (Wildman–Crippen MR) is 135 cm³/mol. The van der Waals surface area contributed by atoms with E-state index in [2.05, 4.69) is 17.2 Å². The third kappa shape index (κ3) is 5.45. The van der Waals surface area contributed by atoms with Gasteiger partial charge in [-0.05, 0) is 60.0 Å². The second-order valence-electron chi connectivity index (χ2n) is 7.87. The number of nitrogens with one attached hydrogen (secondary N) is 2. The molecule has 35 heavy (non-hydrogen) atoms. The zero-order valence-corrected chi connectivity index (χ0v) is 20.7. The maximum atomic E-state index is 13.1. The molecule has 2 N–H and O–H groups in total. The Hall–Kier alpha value is -3.47. The molecule has 1 aliphatic rings. The van der Waals surface area contributed by atoms with E-state index in [0.717, 1.165) is 21.8 Å². The van der Waals surface area contributed by atoms with Crippen molar-refractivity contribution in [2.75, 3.05) is 19.0 Å². The molecule has 1 aromatic heterocycles. The van der Waals surface area contributed by atoms with Gasteiger partial charge in [0.1, 0.15) is 5.75 Å². The minimum atomic E-state index is -3.73. The Morgan fingerprint density at radius 2 is 1.89 bits per heavy atom. The molecule has 8 nitrogen and oxygen atoms in total. The molecule has 4 rings (SSSR count). The summed E-state index contributed by atoms with van der Waals surface area (Å²) in [5, 5.41) is 6.22. The Kier molecular flexibility index (Phi) is 7.34. The van der Waals surface area contributed by atoms with Crippen LogP contribution < -0.4 is 15.4 Å². The van der Waals surface area contributed by atoms with E-state index in [1.807, 2.05) is 24.3 Å². The molecule has 0 saturated carbocycles. The van der Waals surface area contributed by atoms with E-state index < -0.39 is 10.0 Å². The van der Waals surface area contributed by atoms with Crippen molar-refractivity contribution >= 4 is 38.2 Å². The number of rotatable bonds is 9. The van der Waals surface area contributed by atoms with E-state index in [1.54, 1.807) is 13.2 Å². The SMILES string of the molecule is C=CC(=O)Nc1cc2c(s1)CN(S(=O)(=O)c1ccc(C(=O)NCCc3ccccc3OC)cc1)C2. The van der Waals surface area contributed by atoms with Crippen molar-refractivity contribution in [1.82, 2.24) is 9.62 Å². The summed E-state index contributed by atoms with van der Waals surface area (Å²) < 4.78 is 32.9. The van der Waals surface area contributed by atoms with Gasteiger partial charge in [-0.1, -0.05) is 24.8 Å². The van der Waals surface area contributed by atoms with Crippen molar-refractivity contribution < 1.29 is 22.7 Å². The first kappa shape index (κ1) is 24.6. The minimum Gasteiger partial charge on any atom is -0.496 e. The number of sulfonamides is 1. The highest BCUT2D eigenvalue weighted by atomic mass is 32.2. The van der Waals surface area contributed by atoms with Gasteiger partial charge in [-0.2, -0.15) is 4.31 Å². The molecule has 0 aliphatic carbocycles. The van der Waals surface area contributed by atoms with Crippen LogP contribution in [0.25, 0.3) is 0 Å². The number of fused-ring (bicyclic) bond motifs is 1. The van der Waals surface area contributed by atoms with Gasteiger partial charge in [-0.25, -0.2) is 8.42 Å². The van der Waals surface area contributed by atoms with E-state index >= 15 is 0 Å². The molecular formula is C25H25N3O5S2. The molecule has 182 valence electrons. The van der Waals surface area contributed by atoms with E-state index in [9.17, 15) is 18.0 Å². The average molecular weight is 512 g/mol. The van der Waals surface area contributed by atoms with Crippen LogP contribution in [0.5, 0.6) is 5.75 Å². The van der Waals surface area contributed by atoms with Crippen LogP contribution in [0.4, 0.5) is 5.00 Å². The third-order valence-electron chi connectivity index (χ3n) is 5.62. The molecule has 0 unspecified atom stereocenters. The van der Waals surface area contributed by atoms with Gasteiger partial charge in [0.2, 0.25) is 15.9 Å². The lowest BCUT2D eigenvalue weighted by atomic mass is 10.1. The summed E-state index contributed by atoms with van der Waals surface area (Å²) in [5.41, 5.74) is 2.24. The molecule has 0 atom stereocenters. The number of anilines is 1. The van der Waals surface area contributed by atoms with Gasteiger partial charge in [0.25, 0.3) is 5.91 Å². The number of ether oxygens (including phenoxy) is 1. The van der Waals surface area contributed by atoms with Crippen LogP contribution in [-0.2, 0) is 34.3 Å². The summed E-state index contributed by atoms with van der Waals surface area (Å²) in [6.07, 6.45) is 1.80. The molecule has 2 aromatic carbocycles. The molecule has 0 spiro atoms. The highest BCUT2D eigenvalue weighted by molar-refractivity contribution is 7.89. The number of hydrogen-bond acceptors (Lipinski definition) is 6. The van der Waals surface area contributed by atoms with Gasteiger partial charge in [0, 0.05) is 30.1 Å². The molecule has 0 radical (unpaired) electrons. The quantitative estimate of drug-likeness (QED) is 0.428. The zero-order chi connectivity index (χ0) is 25.0. The van der Waals surface area contributed by atoms with Crippen molar-refractivity contribution in [3.8, 4) is 5.75 Å². The number of carbonyl (C=O) groups excluding carboxylic acids is 2. The van der Waals surface area contributed by atoms with Gasteiger partial charge >= 0.3 is 0 Å². The number of methoxy groups -OCH3 is 1. The van der Waals surface area contributed by atoms with Crippen molar-refractivity contribution in [2.45, 2.75) is 24.4 Å². The molecule has 2 heterocycles. The largest absolute Gasteiger partial charge is 0.496 e. The smallest absolute Gasteiger partial charge is 0.251 e. The Balaban J connectivity index is 1.35. The lowest BCUT2D eigenvalue weighted by molar-refractivity contribution is -0.111. The summed E-state index contributed by atoms with van der Waals surface area (Å²) in [5.74, 6) is 0.185. The summed E-state index contributed by atoms with van der Waals surface area (Å²) in [6, 6.07) is 15.3. The fraction of sp³-hybridized carbons (Fsp3) is 0.200. The lowest BCUT2D eigenvalue weighted by Crippen LogP contribution is -2.27.